The minimum absolute atomic E-state index is 0.130. The van der Waals surface area contributed by atoms with Crippen LogP contribution in [0.25, 0.3) is 0 Å². The van der Waals surface area contributed by atoms with Crippen LogP contribution in [0.4, 0.5) is 0 Å². The Morgan fingerprint density at radius 3 is 2.71 bits per heavy atom. The lowest BCUT2D eigenvalue weighted by Gasteiger charge is -2.37. The molecule has 0 amide bonds. The second-order valence-corrected chi connectivity index (χ2v) is 5.74. The van der Waals surface area contributed by atoms with Crippen LogP contribution in [-0.4, -0.2) is 47.3 Å². The number of rotatable bonds is 7. The van der Waals surface area contributed by atoms with Gasteiger partial charge in [0.1, 0.15) is 0 Å². The van der Waals surface area contributed by atoms with Crippen molar-refractivity contribution in [1.82, 2.24) is 10.2 Å². The van der Waals surface area contributed by atoms with E-state index in [1.54, 1.807) is 0 Å². The lowest BCUT2D eigenvalue weighted by Crippen LogP contribution is -2.51. The number of aliphatic hydroxyl groups is 1. The highest BCUT2D eigenvalue weighted by Crippen LogP contribution is 2.26. The maximum Gasteiger partial charge on any atom is 0.0611 e. The lowest BCUT2D eigenvalue weighted by molar-refractivity contribution is 0.108. The van der Waals surface area contributed by atoms with Gasteiger partial charge in [-0.2, -0.15) is 0 Å². The topological polar surface area (TPSA) is 35.5 Å². The molecule has 0 aliphatic carbocycles. The highest BCUT2D eigenvalue weighted by Gasteiger charge is 2.32. The Bertz CT molecular complexity index is 222. The van der Waals surface area contributed by atoms with Crippen LogP contribution in [0.5, 0.6) is 0 Å². The molecule has 3 heteroatoms. The Kier molecular flexibility index (Phi) is 5.90. The number of aliphatic hydroxyl groups excluding tert-OH is 1. The highest BCUT2D eigenvalue weighted by molar-refractivity contribution is 4.90. The van der Waals surface area contributed by atoms with Crippen molar-refractivity contribution in [3.63, 3.8) is 0 Å². The molecule has 1 saturated heterocycles. The van der Waals surface area contributed by atoms with Crippen LogP contribution in [0.3, 0.4) is 0 Å². The largest absolute Gasteiger partial charge is 0.394 e. The molecule has 0 spiro atoms. The summed E-state index contributed by atoms with van der Waals surface area (Å²) in [5.74, 6) is 0. The van der Waals surface area contributed by atoms with E-state index in [9.17, 15) is 5.11 Å². The summed E-state index contributed by atoms with van der Waals surface area (Å²) in [5.41, 5.74) is -0.130. The van der Waals surface area contributed by atoms with Gasteiger partial charge in [0.15, 0.2) is 0 Å². The molecule has 1 fully saturated rings. The van der Waals surface area contributed by atoms with Crippen LogP contribution in [0, 0.1) is 0 Å². The van der Waals surface area contributed by atoms with Gasteiger partial charge in [0.05, 0.1) is 6.61 Å². The van der Waals surface area contributed by atoms with Gasteiger partial charge < -0.3 is 10.4 Å². The van der Waals surface area contributed by atoms with Crippen molar-refractivity contribution >= 4 is 0 Å². The maximum atomic E-state index is 9.55. The summed E-state index contributed by atoms with van der Waals surface area (Å²) in [4.78, 5) is 2.63. The molecule has 0 bridgehead atoms. The molecular weight excluding hydrogens is 212 g/mol. The van der Waals surface area contributed by atoms with E-state index in [1.165, 1.54) is 25.8 Å². The van der Waals surface area contributed by atoms with Gasteiger partial charge in [0.25, 0.3) is 0 Å². The Morgan fingerprint density at radius 2 is 2.18 bits per heavy atom. The molecule has 0 aromatic heterocycles. The Balaban J connectivity index is 2.54. The van der Waals surface area contributed by atoms with Gasteiger partial charge in [-0.3, -0.25) is 4.90 Å². The molecule has 17 heavy (non-hydrogen) atoms. The smallest absolute Gasteiger partial charge is 0.0611 e. The SMILES string of the molecule is CCNC(C)(CO)CC(C)N1CCCC1CC. The fraction of sp³-hybridized carbons (Fsp3) is 1.00. The van der Waals surface area contributed by atoms with Crippen LogP contribution in [0.15, 0.2) is 0 Å². The van der Waals surface area contributed by atoms with Gasteiger partial charge in [0, 0.05) is 17.6 Å². The summed E-state index contributed by atoms with van der Waals surface area (Å²) < 4.78 is 0. The molecule has 0 aromatic rings. The number of nitrogens with one attached hydrogen (secondary N) is 1. The van der Waals surface area contributed by atoms with E-state index in [4.69, 9.17) is 0 Å². The second kappa shape index (κ2) is 6.72. The highest BCUT2D eigenvalue weighted by atomic mass is 16.3. The summed E-state index contributed by atoms with van der Waals surface area (Å²) >= 11 is 0. The van der Waals surface area contributed by atoms with Crippen molar-refractivity contribution in [2.75, 3.05) is 19.7 Å². The fourth-order valence-electron chi connectivity index (χ4n) is 3.27. The summed E-state index contributed by atoms with van der Waals surface area (Å²) in [6.07, 6.45) is 4.95. The summed E-state index contributed by atoms with van der Waals surface area (Å²) in [6.45, 7) is 11.2. The third kappa shape index (κ3) is 3.94. The van der Waals surface area contributed by atoms with Crippen molar-refractivity contribution in [2.24, 2.45) is 0 Å². The van der Waals surface area contributed by atoms with E-state index in [0.717, 1.165) is 19.0 Å². The molecule has 0 saturated carbocycles. The van der Waals surface area contributed by atoms with Gasteiger partial charge in [0.2, 0.25) is 0 Å². The Hall–Kier alpha value is -0.120. The van der Waals surface area contributed by atoms with Crippen LogP contribution in [0.1, 0.15) is 53.4 Å². The summed E-state index contributed by atoms with van der Waals surface area (Å²) in [6, 6.07) is 1.31. The van der Waals surface area contributed by atoms with E-state index >= 15 is 0 Å². The lowest BCUT2D eigenvalue weighted by atomic mass is 9.93. The molecule has 1 rings (SSSR count). The predicted octanol–water partition coefficient (Wildman–Crippen LogP) is 2.00. The number of likely N-dealkylation sites (N-methyl/N-ethyl adjacent to an activating group) is 1. The zero-order valence-corrected chi connectivity index (χ0v) is 12.0. The van der Waals surface area contributed by atoms with E-state index in [0.29, 0.717) is 6.04 Å². The van der Waals surface area contributed by atoms with Crippen molar-refractivity contribution in [1.29, 1.82) is 0 Å². The van der Waals surface area contributed by atoms with Crippen LogP contribution >= 0.6 is 0 Å². The zero-order chi connectivity index (χ0) is 12.9. The zero-order valence-electron chi connectivity index (χ0n) is 12.0. The number of likely N-dealkylation sites (tertiary alicyclic amines) is 1. The van der Waals surface area contributed by atoms with E-state index < -0.39 is 0 Å². The van der Waals surface area contributed by atoms with Gasteiger partial charge in [-0.25, -0.2) is 0 Å². The average Bonchev–Trinajstić information content (AvgIpc) is 2.77. The Labute approximate surface area is 107 Å². The average molecular weight is 242 g/mol. The molecule has 2 N–H and O–H groups in total. The first-order valence-electron chi connectivity index (χ1n) is 7.18. The van der Waals surface area contributed by atoms with Crippen molar-refractivity contribution in [3.8, 4) is 0 Å². The minimum Gasteiger partial charge on any atom is -0.394 e. The monoisotopic (exact) mass is 242 g/mol. The molecular formula is C14H30N2O. The number of hydrogen-bond donors (Lipinski definition) is 2. The molecule has 1 aliphatic rings. The number of hydrogen-bond acceptors (Lipinski definition) is 3. The first-order valence-corrected chi connectivity index (χ1v) is 7.18. The van der Waals surface area contributed by atoms with Gasteiger partial charge >= 0.3 is 0 Å². The van der Waals surface area contributed by atoms with Gasteiger partial charge in [-0.05, 0) is 52.6 Å². The molecule has 102 valence electrons. The summed E-state index contributed by atoms with van der Waals surface area (Å²) in [7, 11) is 0. The van der Waals surface area contributed by atoms with Crippen LogP contribution in [-0.2, 0) is 0 Å². The van der Waals surface area contributed by atoms with Crippen LogP contribution in [0.2, 0.25) is 0 Å². The molecule has 1 aliphatic heterocycles. The van der Waals surface area contributed by atoms with E-state index in [-0.39, 0.29) is 12.1 Å². The summed E-state index contributed by atoms with van der Waals surface area (Å²) in [5, 5.41) is 13.0. The van der Waals surface area contributed by atoms with E-state index in [1.807, 2.05) is 0 Å². The third-order valence-electron chi connectivity index (χ3n) is 4.16. The standard InChI is InChI=1S/C14H30N2O/c1-5-13-8-7-9-16(13)12(3)10-14(4,11-17)15-6-2/h12-13,15,17H,5-11H2,1-4H3. The fourth-order valence-corrected chi connectivity index (χ4v) is 3.27. The first kappa shape index (κ1) is 14.9. The van der Waals surface area contributed by atoms with Crippen LogP contribution < -0.4 is 5.32 Å². The molecule has 3 atom stereocenters. The molecule has 0 radical (unpaired) electrons. The van der Waals surface area contributed by atoms with E-state index in [2.05, 4.69) is 37.9 Å². The second-order valence-electron chi connectivity index (χ2n) is 5.74. The van der Waals surface area contributed by atoms with Gasteiger partial charge in [-0.1, -0.05) is 13.8 Å². The van der Waals surface area contributed by atoms with Crippen molar-refractivity contribution in [2.45, 2.75) is 71.0 Å². The molecule has 3 unspecified atom stereocenters. The van der Waals surface area contributed by atoms with Gasteiger partial charge in [-0.15, -0.1) is 0 Å². The molecule has 0 aromatic carbocycles. The quantitative estimate of drug-likeness (QED) is 0.717. The third-order valence-corrected chi connectivity index (χ3v) is 4.16. The predicted molar refractivity (Wildman–Crippen MR) is 73.3 cm³/mol. The first-order chi connectivity index (χ1) is 8.06. The molecule has 3 nitrogen and oxygen atoms in total. The maximum absolute atomic E-state index is 9.55. The van der Waals surface area contributed by atoms with Crippen molar-refractivity contribution in [3.05, 3.63) is 0 Å². The molecule has 1 heterocycles. The minimum atomic E-state index is -0.130. The Morgan fingerprint density at radius 1 is 1.47 bits per heavy atom. The number of nitrogens with zero attached hydrogens (tertiary/aromatic N) is 1. The normalized spacial score (nSPS) is 27.0. The van der Waals surface area contributed by atoms with Crippen molar-refractivity contribution < 1.29 is 5.11 Å².